The first-order chi connectivity index (χ1) is 30.2. The van der Waals surface area contributed by atoms with Crippen LogP contribution in [0.3, 0.4) is 0 Å². The van der Waals surface area contributed by atoms with Crippen LogP contribution in [0.4, 0.5) is 0 Å². The van der Waals surface area contributed by atoms with Crippen molar-refractivity contribution >= 4 is 5.91 Å². The number of aliphatic hydroxyl groups excluding tert-OH is 7. The van der Waals surface area contributed by atoms with E-state index >= 15 is 0 Å². The van der Waals surface area contributed by atoms with Gasteiger partial charge in [-0.2, -0.15) is 0 Å². The number of hydrogen-bond acceptors (Lipinski definition) is 12. The molecule has 362 valence electrons. The van der Waals surface area contributed by atoms with Gasteiger partial charge in [0.2, 0.25) is 5.91 Å². The Morgan fingerprint density at radius 2 is 1.32 bits per heavy atom. The molecule has 4 aliphatic carbocycles. The van der Waals surface area contributed by atoms with E-state index in [1.165, 1.54) is 77.0 Å². The van der Waals surface area contributed by atoms with Crippen molar-refractivity contribution in [3.63, 3.8) is 0 Å². The highest BCUT2D eigenvalue weighted by Gasteiger charge is 2.69. The highest BCUT2D eigenvalue weighted by molar-refractivity contribution is 5.83. The first kappa shape index (κ1) is 50.9. The number of amides is 1. The third-order valence-corrected chi connectivity index (χ3v) is 16.9. The standard InChI is InChI=1S/C50H85NO12/c1-5-6-7-8-9-10-11-12-13-14-15-16-17-18-19-20-28-51-46(59)48(4)25-21-24-47(3)36(48)22-26-49-29-33(2)50(32-49,27-23-37(47)49)63-45-43(41(57)39(55)35(31-53)61-45)62-44-42(58)40(56)38(54)34(30-52)60-44/h12-13,34-45,52-58H,2,5-11,14-32H2,1,3-4H3,(H,51,59)/b13-12+/t34-,35-,36+,37+,38-,39-,40+,41+,42-,43-,44+,45+,47-,48-,49-,50+/m1/s1. The summed E-state index contributed by atoms with van der Waals surface area (Å²) >= 11 is 0. The van der Waals surface area contributed by atoms with Crippen molar-refractivity contribution in [1.82, 2.24) is 5.32 Å². The molecule has 1 spiro atoms. The van der Waals surface area contributed by atoms with E-state index in [4.69, 9.17) is 18.9 Å². The van der Waals surface area contributed by atoms with Crippen LogP contribution < -0.4 is 5.32 Å². The van der Waals surface area contributed by atoms with E-state index in [9.17, 15) is 40.5 Å². The summed E-state index contributed by atoms with van der Waals surface area (Å²) in [4.78, 5) is 14.2. The number of carbonyl (C=O) groups is 1. The Balaban J connectivity index is 1.01. The summed E-state index contributed by atoms with van der Waals surface area (Å²) in [6, 6.07) is 0. The largest absolute Gasteiger partial charge is 0.394 e. The molecule has 6 rings (SSSR count). The fraction of sp³-hybridized carbons (Fsp3) is 0.900. The van der Waals surface area contributed by atoms with Crippen LogP contribution in [0.5, 0.6) is 0 Å². The van der Waals surface area contributed by atoms with E-state index in [-0.39, 0.29) is 22.7 Å². The lowest BCUT2D eigenvalue weighted by atomic mass is 9.40. The van der Waals surface area contributed by atoms with E-state index in [1.54, 1.807) is 0 Å². The van der Waals surface area contributed by atoms with Crippen molar-refractivity contribution in [2.75, 3.05) is 19.8 Å². The SMILES string of the molecule is C=C1C[C@@]23CC[C@H]4[C@@](C)(CCC[C@@]4(C)C(=O)NCCCCCCCC/C=C/CCCCCCCC)[C@@H]2CC[C@]1(O[C@@H]1O[C@H](CO)[C@@H](O)[C@H](O)[C@H]1O[C@@H]1O[C@H](CO)[C@@H](O)[C@H](O)[C@H]1O)C3. The van der Waals surface area contributed by atoms with E-state index in [0.717, 1.165) is 69.9 Å². The third kappa shape index (κ3) is 11.0. The van der Waals surface area contributed by atoms with Gasteiger partial charge in [-0.3, -0.25) is 4.79 Å². The maximum absolute atomic E-state index is 14.2. The van der Waals surface area contributed by atoms with Crippen LogP contribution in [0.1, 0.15) is 168 Å². The molecule has 0 aromatic rings. The lowest BCUT2D eigenvalue weighted by molar-refractivity contribution is -0.378. The normalized spacial score (nSPS) is 42.6. The van der Waals surface area contributed by atoms with Gasteiger partial charge in [0, 0.05) is 12.0 Å². The lowest BCUT2D eigenvalue weighted by Gasteiger charge is -2.64. The van der Waals surface area contributed by atoms with Gasteiger partial charge in [0.1, 0.15) is 48.8 Å². The molecule has 6 aliphatic rings. The van der Waals surface area contributed by atoms with Gasteiger partial charge in [0.25, 0.3) is 0 Å². The van der Waals surface area contributed by atoms with Gasteiger partial charge in [0.15, 0.2) is 12.6 Å². The van der Waals surface area contributed by atoms with Crippen LogP contribution in [-0.2, 0) is 23.7 Å². The summed E-state index contributed by atoms with van der Waals surface area (Å²) in [5, 5.41) is 77.0. The van der Waals surface area contributed by atoms with Crippen LogP contribution in [-0.4, -0.2) is 128 Å². The Hall–Kier alpha value is -1.49. The number of aliphatic hydroxyl groups is 7. The molecule has 4 saturated carbocycles. The molecule has 2 bridgehead atoms. The fourth-order valence-corrected chi connectivity index (χ4v) is 13.4. The van der Waals surface area contributed by atoms with Gasteiger partial charge in [-0.1, -0.05) is 104 Å². The maximum Gasteiger partial charge on any atom is 0.226 e. The molecule has 8 N–H and O–H groups in total. The molecule has 63 heavy (non-hydrogen) atoms. The van der Waals surface area contributed by atoms with Crippen LogP contribution >= 0.6 is 0 Å². The van der Waals surface area contributed by atoms with Crippen molar-refractivity contribution in [2.24, 2.45) is 28.1 Å². The molecule has 13 nitrogen and oxygen atoms in total. The number of unbranched alkanes of at least 4 members (excludes halogenated alkanes) is 12. The molecular weight excluding hydrogens is 807 g/mol. The molecule has 2 saturated heterocycles. The topological polar surface area (TPSA) is 208 Å². The molecule has 13 heteroatoms. The van der Waals surface area contributed by atoms with E-state index < -0.39 is 85.6 Å². The summed E-state index contributed by atoms with van der Waals surface area (Å²) < 4.78 is 24.6. The van der Waals surface area contributed by atoms with E-state index in [2.05, 4.69) is 44.8 Å². The fourth-order valence-electron chi connectivity index (χ4n) is 13.4. The zero-order chi connectivity index (χ0) is 45.4. The summed E-state index contributed by atoms with van der Waals surface area (Å²) in [7, 11) is 0. The molecule has 16 atom stereocenters. The van der Waals surface area contributed by atoms with Crippen molar-refractivity contribution in [3.05, 3.63) is 24.3 Å². The van der Waals surface area contributed by atoms with Crippen molar-refractivity contribution in [3.8, 4) is 0 Å². The molecule has 2 aliphatic heterocycles. The smallest absolute Gasteiger partial charge is 0.226 e. The van der Waals surface area contributed by atoms with Crippen LogP contribution in [0.2, 0.25) is 0 Å². The summed E-state index contributed by atoms with van der Waals surface area (Å²) in [6.45, 7) is 10.9. The van der Waals surface area contributed by atoms with Gasteiger partial charge in [-0.15, -0.1) is 0 Å². The minimum absolute atomic E-state index is 0.0544. The van der Waals surface area contributed by atoms with Crippen molar-refractivity contribution in [2.45, 2.75) is 235 Å². The Morgan fingerprint density at radius 3 is 1.97 bits per heavy atom. The Labute approximate surface area is 377 Å². The molecule has 0 radical (unpaired) electrons. The highest BCUT2D eigenvalue weighted by Crippen LogP contribution is 2.73. The highest BCUT2D eigenvalue weighted by atomic mass is 16.8. The Kier molecular flexibility index (Phi) is 18.2. The predicted molar refractivity (Wildman–Crippen MR) is 239 cm³/mol. The minimum atomic E-state index is -1.75. The third-order valence-electron chi connectivity index (χ3n) is 16.9. The Morgan fingerprint density at radius 1 is 0.730 bits per heavy atom. The van der Waals surface area contributed by atoms with Gasteiger partial charge in [-0.05, 0) is 112 Å². The molecular formula is C50H85NO12. The second-order valence-corrected chi connectivity index (χ2v) is 21.1. The zero-order valence-electron chi connectivity index (χ0n) is 38.8. The molecule has 0 aromatic heterocycles. The number of carbonyl (C=O) groups excluding carboxylic acids is 1. The summed E-state index contributed by atoms with van der Waals surface area (Å²) in [6.07, 6.45) is 14.9. The Bertz CT molecular complexity index is 1500. The second-order valence-electron chi connectivity index (χ2n) is 21.1. The van der Waals surface area contributed by atoms with Gasteiger partial charge in [0.05, 0.1) is 18.8 Å². The number of rotatable bonds is 23. The van der Waals surface area contributed by atoms with Crippen molar-refractivity contribution in [1.29, 1.82) is 0 Å². The van der Waals surface area contributed by atoms with Gasteiger partial charge in [-0.25, -0.2) is 0 Å². The number of allylic oxidation sites excluding steroid dienone is 2. The van der Waals surface area contributed by atoms with Gasteiger partial charge < -0.3 is 60.0 Å². The molecule has 1 amide bonds. The average Bonchev–Trinajstić information content (AvgIpc) is 3.46. The first-order valence-electron chi connectivity index (χ1n) is 25.1. The summed E-state index contributed by atoms with van der Waals surface area (Å²) in [5.41, 5.74) is -0.561. The van der Waals surface area contributed by atoms with Crippen LogP contribution in [0.25, 0.3) is 0 Å². The molecule has 0 unspecified atom stereocenters. The van der Waals surface area contributed by atoms with Gasteiger partial charge >= 0.3 is 0 Å². The van der Waals surface area contributed by atoms with E-state index in [0.29, 0.717) is 18.8 Å². The maximum atomic E-state index is 14.2. The number of nitrogens with one attached hydrogen (secondary N) is 1. The van der Waals surface area contributed by atoms with Crippen LogP contribution in [0.15, 0.2) is 24.3 Å². The monoisotopic (exact) mass is 892 g/mol. The first-order valence-corrected chi connectivity index (χ1v) is 25.1. The van der Waals surface area contributed by atoms with Crippen molar-refractivity contribution < 1.29 is 59.5 Å². The lowest BCUT2D eigenvalue weighted by Crippen LogP contribution is -2.65. The second kappa shape index (κ2) is 22.5. The zero-order valence-corrected chi connectivity index (χ0v) is 38.8. The predicted octanol–water partition coefficient (Wildman–Crippen LogP) is 5.87. The van der Waals surface area contributed by atoms with Crippen LogP contribution in [0, 0.1) is 28.1 Å². The summed E-state index contributed by atoms with van der Waals surface area (Å²) in [5.74, 6) is 0.788. The minimum Gasteiger partial charge on any atom is -0.394 e. The molecule has 0 aromatic carbocycles. The molecule has 6 fully saturated rings. The quantitative estimate of drug-likeness (QED) is 0.0345. The number of ether oxygens (including phenoxy) is 4. The number of fused-ring (bicyclic) bond motifs is 3. The average molecular weight is 892 g/mol. The van der Waals surface area contributed by atoms with E-state index in [1.807, 2.05) is 0 Å². The number of hydrogen-bond donors (Lipinski definition) is 8. The molecule has 2 heterocycles.